The van der Waals surface area contributed by atoms with Crippen LogP contribution in [-0.2, 0) is 14.8 Å². The summed E-state index contributed by atoms with van der Waals surface area (Å²) in [5, 5.41) is 6.39. The van der Waals surface area contributed by atoms with Gasteiger partial charge in [-0.25, -0.2) is 8.42 Å². The van der Waals surface area contributed by atoms with E-state index in [4.69, 9.17) is 4.74 Å². The Morgan fingerprint density at radius 2 is 1.77 bits per heavy atom. The fraction of sp³-hybridized carbons (Fsp3) is 0.944. The number of piperidine rings is 1. The Kier molecular flexibility index (Phi) is 12.2. The summed E-state index contributed by atoms with van der Waals surface area (Å²) in [6.45, 7) is 4.31. The predicted octanol–water partition coefficient (Wildman–Crippen LogP) is 3.07. The number of sulfonamides is 1. The van der Waals surface area contributed by atoms with E-state index in [1.807, 2.05) is 6.92 Å². The van der Waals surface area contributed by atoms with Crippen LogP contribution in [0.3, 0.4) is 0 Å². The van der Waals surface area contributed by atoms with Crippen molar-refractivity contribution in [3.63, 3.8) is 0 Å². The highest BCUT2D eigenvalue weighted by Gasteiger charge is 2.50. The summed E-state index contributed by atoms with van der Waals surface area (Å²) in [5.41, 5.74) is -5.23. The molecule has 1 aliphatic heterocycles. The molecule has 0 radical (unpaired) electrons. The van der Waals surface area contributed by atoms with Crippen LogP contribution in [0.2, 0.25) is 0 Å². The number of aliphatic imine (C=N–C) groups is 1. The van der Waals surface area contributed by atoms with Crippen molar-refractivity contribution in [1.29, 1.82) is 0 Å². The number of halogens is 4. The average molecular weight is 570 g/mol. The van der Waals surface area contributed by atoms with Gasteiger partial charge in [-0.2, -0.15) is 17.5 Å². The molecule has 1 saturated carbocycles. The van der Waals surface area contributed by atoms with Gasteiger partial charge in [-0.3, -0.25) is 4.99 Å². The largest absolute Gasteiger partial charge is 0.511 e. The van der Waals surface area contributed by atoms with Crippen LogP contribution >= 0.6 is 24.0 Å². The molecular formula is C18H34F3IN4O3S. The number of ether oxygens (including phenoxy) is 1. The average Bonchev–Trinajstić information content (AvgIpc) is 3.18. The minimum absolute atomic E-state index is 0. The van der Waals surface area contributed by atoms with Crippen molar-refractivity contribution in [3.05, 3.63) is 0 Å². The van der Waals surface area contributed by atoms with Crippen molar-refractivity contribution >= 4 is 40.0 Å². The minimum atomic E-state index is -5.23. The Labute approximate surface area is 194 Å². The third kappa shape index (κ3) is 8.65. The normalized spacial score (nSPS) is 20.2. The summed E-state index contributed by atoms with van der Waals surface area (Å²) in [6.07, 6.45) is 6.82. The van der Waals surface area contributed by atoms with Crippen molar-refractivity contribution in [1.82, 2.24) is 14.9 Å². The van der Waals surface area contributed by atoms with Crippen molar-refractivity contribution in [2.45, 2.75) is 63.5 Å². The van der Waals surface area contributed by atoms with Crippen molar-refractivity contribution in [3.8, 4) is 0 Å². The van der Waals surface area contributed by atoms with Crippen LogP contribution in [0.4, 0.5) is 13.2 Å². The first kappa shape index (κ1) is 27.7. The minimum Gasteiger partial charge on any atom is -0.378 e. The lowest BCUT2D eigenvalue weighted by atomic mass is 9.98. The first-order valence-corrected chi connectivity index (χ1v) is 11.9. The van der Waals surface area contributed by atoms with E-state index in [-0.39, 0.29) is 43.0 Å². The SMILES string of the molecule is CCNC(=NCC1CCN(S(=O)(=O)C(F)(F)F)CC1)NCCCOC1CCCC1.I. The van der Waals surface area contributed by atoms with Crippen LogP contribution < -0.4 is 10.6 Å². The molecule has 178 valence electrons. The predicted molar refractivity (Wildman–Crippen MR) is 121 cm³/mol. The highest BCUT2D eigenvalue weighted by molar-refractivity contribution is 14.0. The molecule has 0 unspecified atom stereocenters. The van der Waals surface area contributed by atoms with Gasteiger partial charge in [-0.1, -0.05) is 12.8 Å². The molecule has 2 N–H and O–H groups in total. The zero-order valence-electron chi connectivity index (χ0n) is 17.4. The number of guanidine groups is 1. The fourth-order valence-corrected chi connectivity index (χ4v) is 4.61. The molecule has 0 aromatic carbocycles. The highest BCUT2D eigenvalue weighted by atomic mass is 127. The lowest BCUT2D eigenvalue weighted by Gasteiger charge is -2.30. The first-order valence-electron chi connectivity index (χ1n) is 10.4. The van der Waals surface area contributed by atoms with Crippen LogP contribution in [0.25, 0.3) is 0 Å². The van der Waals surface area contributed by atoms with Gasteiger partial charge in [0, 0.05) is 39.3 Å². The first-order chi connectivity index (χ1) is 13.7. The van der Waals surface area contributed by atoms with Crippen molar-refractivity contribution in [2.75, 3.05) is 39.3 Å². The topological polar surface area (TPSA) is 83.0 Å². The molecule has 7 nitrogen and oxygen atoms in total. The molecule has 30 heavy (non-hydrogen) atoms. The number of hydrogen-bond acceptors (Lipinski definition) is 4. The van der Waals surface area contributed by atoms with Crippen molar-refractivity contribution < 1.29 is 26.3 Å². The monoisotopic (exact) mass is 570 g/mol. The van der Waals surface area contributed by atoms with Crippen LogP contribution in [0, 0.1) is 5.92 Å². The molecule has 1 saturated heterocycles. The van der Waals surface area contributed by atoms with Gasteiger partial charge in [0.05, 0.1) is 6.10 Å². The quantitative estimate of drug-likeness (QED) is 0.193. The summed E-state index contributed by atoms with van der Waals surface area (Å²) in [7, 11) is -5.23. The highest BCUT2D eigenvalue weighted by Crippen LogP contribution is 2.30. The fourth-order valence-electron chi connectivity index (χ4n) is 3.62. The summed E-state index contributed by atoms with van der Waals surface area (Å²) in [5.74, 6) is 0.731. The number of hydrogen-bond donors (Lipinski definition) is 2. The van der Waals surface area contributed by atoms with Gasteiger partial charge >= 0.3 is 15.5 Å². The van der Waals surface area contributed by atoms with Gasteiger partial charge in [0.2, 0.25) is 0 Å². The van der Waals surface area contributed by atoms with Crippen molar-refractivity contribution in [2.24, 2.45) is 10.9 Å². The molecule has 0 bridgehead atoms. The van der Waals surface area contributed by atoms with Gasteiger partial charge in [0.1, 0.15) is 0 Å². The van der Waals surface area contributed by atoms with Gasteiger partial charge in [0.15, 0.2) is 5.96 Å². The molecule has 0 amide bonds. The molecule has 2 aliphatic rings. The van der Waals surface area contributed by atoms with E-state index in [1.165, 1.54) is 12.8 Å². The third-order valence-corrected chi connectivity index (χ3v) is 6.96. The van der Waals surface area contributed by atoms with Crippen LogP contribution in [0.5, 0.6) is 0 Å². The van der Waals surface area contributed by atoms with Crippen LogP contribution in [-0.4, -0.2) is 69.6 Å². The van der Waals surface area contributed by atoms with Crippen LogP contribution in [0.1, 0.15) is 51.9 Å². The Balaban J connectivity index is 0.00000450. The molecule has 0 aromatic heterocycles. The number of nitrogens with zero attached hydrogens (tertiary/aromatic N) is 2. The Morgan fingerprint density at radius 3 is 2.33 bits per heavy atom. The summed E-state index contributed by atoms with van der Waals surface area (Å²) in [4.78, 5) is 4.51. The van der Waals surface area contributed by atoms with E-state index in [1.54, 1.807) is 0 Å². The summed E-state index contributed by atoms with van der Waals surface area (Å²) >= 11 is 0. The summed E-state index contributed by atoms with van der Waals surface area (Å²) in [6, 6.07) is 0. The molecule has 1 heterocycles. The van der Waals surface area contributed by atoms with E-state index in [2.05, 4.69) is 15.6 Å². The molecule has 12 heteroatoms. The Morgan fingerprint density at radius 1 is 1.13 bits per heavy atom. The molecule has 2 rings (SSSR count). The second-order valence-corrected chi connectivity index (χ2v) is 9.50. The van der Waals surface area contributed by atoms with E-state index in [0.717, 1.165) is 25.8 Å². The summed E-state index contributed by atoms with van der Waals surface area (Å²) < 4.78 is 67.2. The Bertz CT molecular complexity index is 621. The molecule has 2 fully saturated rings. The van der Waals surface area contributed by atoms with Gasteiger partial charge in [0.25, 0.3) is 0 Å². The molecule has 0 atom stereocenters. The van der Waals surface area contributed by atoms with E-state index >= 15 is 0 Å². The maximum absolute atomic E-state index is 12.6. The van der Waals surface area contributed by atoms with Crippen LogP contribution in [0.15, 0.2) is 4.99 Å². The third-order valence-electron chi connectivity index (χ3n) is 5.33. The molecular weight excluding hydrogens is 536 g/mol. The van der Waals surface area contributed by atoms with Gasteiger partial charge < -0.3 is 15.4 Å². The zero-order valence-corrected chi connectivity index (χ0v) is 20.6. The Hall–Kier alpha value is -0.340. The van der Waals surface area contributed by atoms with Gasteiger partial charge in [-0.05, 0) is 44.9 Å². The molecule has 1 aliphatic carbocycles. The lowest BCUT2D eigenvalue weighted by molar-refractivity contribution is -0.0496. The molecule has 0 spiro atoms. The second-order valence-electron chi connectivity index (χ2n) is 7.57. The number of alkyl halides is 3. The smallest absolute Gasteiger partial charge is 0.378 e. The van der Waals surface area contributed by atoms with Gasteiger partial charge in [-0.15, -0.1) is 24.0 Å². The second kappa shape index (κ2) is 13.3. The number of nitrogens with one attached hydrogen (secondary N) is 2. The van der Waals surface area contributed by atoms with E-state index < -0.39 is 15.5 Å². The lowest BCUT2D eigenvalue weighted by Crippen LogP contribution is -2.45. The maximum atomic E-state index is 12.6. The zero-order chi connectivity index (χ0) is 21.3. The maximum Gasteiger partial charge on any atom is 0.511 e. The van der Waals surface area contributed by atoms with E-state index in [0.29, 0.717) is 48.9 Å². The van der Waals surface area contributed by atoms with E-state index in [9.17, 15) is 21.6 Å². The molecule has 0 aromatic rings. The number of rotatable bonds is 9. The standard InChI is InChI=1S/C18H33F3N4O3S.HI/c1-2-22-17(23-10-5-13-28-16-6-3-4-7-16)24-14-15-8-11-25(12-9-15)29(26,27)18(19,20)21;/h15-16H,2-14H2,1H3,(H2,22,23,24);1H.